The van der Waals surface area contributed by atoms with Gasteiger partial charge >= 0.3 is 0 Å². The van der Waals surface area contributed by atoms with Crippen LogP contribution in [0.4, 0.5) is 11.4 Å². The van der Waals surface area contributed by atoms with Gasteiger partial charge in [-0.1, -0.05) is 23.2 Å². The average Bonchev–Trinajstić information content (AvgIpc) is 2.34. The molecule has 18 heavy (non-hydrogen) atoms. The van der Waals surface area contributed by atoms with Crippen molar-refractivity contribution in [1.82, 2.24) is 0 Å². The molecule has 98 valence electrons. The summed E-state index contributed by atoms with van der Waals surface area (Å²) in [6.45, 7) is 1.27. The van der Waals surface area contributed by atoms with Crippen molar-refractivity contribution in [2.24, 2.45) is 5.73 Å². The molecule has 2 rings (SSSR count). The monoisotopic (exact) mass is 289 g/mol. The molecule has 7 heteroatoms. The van der Waals surface area contributed by atoms with E-state index in [-0.39, 0.29) is 6.61 Å². The molecule has 1 amide bonds. The molecule has 1 heterocycles. The van der Waals surface area contributed by atoms with Crippen LogP contribution in [0.1, 0.15) is 0 Å². The number of carbonyl (C=O) groups excluding carboxylic acids is 1. The number of morpholine rings is 1. The summed E-state index contributed by atoms with van der Waals surface area (Å²) in [4.78, 5) is 13.2. The highest BCUT2D eigenvalue weighted by atomic mass is 35.5. The number of halogens is 2. The number of primary amides is 1. The third kappa shape index (κ3) is 2.48. The minimum Gasteiger partial charge on any atom is -0.397 e. The molecule has 5 nitrogen and oxygen atoms in total. The lowest BCUT2D eigenvalue weighted by Gasteiger charge is -2.36. The molecule has 1 unspecified atom stereocenters. The van der Waals surface area contributed by atoms with Crippen LogP contribution in [-0.4, -0.2) is 31.7 Å². The lowest BCUT2D eigenvalue weighted by Crippen LogP contribution is -2.52. The fraction of sp³-hybridized carbons (Fsp3) is 0.364. The Balaban J connectivity index is 2.39. The van der Waals surface area contributed by atoms with E-state index in [1.165, 1.54) is 0 Å². The smallest absolute Gasteiger partial charge is 0.242 e. The van der Waals surface area contributed by atoms with Crippen LogP contribution < -0.4 is 16.4 Å². The van der Waals surface area contributed by atoms with Crippen molar-refractivity contribution in [3.8, 4) is 0 Å². The number of benzene rings is 1. The van der Waals surface area contributed by atoms with Crippen molar-refractivity contribution in [3.63, 3.8) is 0 Å². The van der Waals surface area contributed by atoms with Crippen LogP contribution in [0.15, 0.2) is 12.1 Å². The first-order chi connectivity index (χ1) is 8.50. The number of rotatable bonds is 2. The lowest BCUT2D eigenvalue weighted by molar-refractivity contribution is -0.121. The first-order valence-corrected chi connectivity index (χ1v) is 6.14. The summed E-state index contributed by atoms with van der Waals surface area (Å²) in [5.74, 6) is -0.458. The molecular formula is C11H13Cl2N3O2. The number of anilines is 2. The van der Waals surface area contributed by atoms with Gasteiger partial charge in [-0.3, -0.25) is 4.79 Å². The summed E-state index contributed by atoms with van der Waals surface area (Å²) >= 11 is 11.8. The predicted molar refractivity (Wildman–Crippen MR) is 72.0 cm³/mol. The van der Waals surface area contributed by atoms with E-state index in [0.717, 1.165) is 0 Å². The van der Waals surface area contributed by atoms with E-state index in [0.29, 0.717) is 34.6 Å². The summed E-state index contributed by atoms with van der Waals surface area (Å²) in [6, 6.07) is 2.66. The maximum atomic E-state index is 11.4. The largest absolute Gasteiger partial charge is 0.397 e. The van der Waals surface area contributed by atoms with E-state index < -0.39 is 11.9 Å². The van der Waals surface area contributed by atoms with E-state index in [1.807, 2.05) is 0 Å². The molecule has 1 aliphatic rings. The van der Waals surface area contributed by atoms with Gasteiger partial charge < -0.3 is 21.1 Å². The molecule has 1 aromatic rings. The second kappa shape index (κ2) is 5.22. The normalized spacial score (nSPS) is 19.9. The molecular weight excluding hydrogens is 277 g/mol. The minimum absolute atomic E-state index is 0.245. The maximum Gasteiger partial charge on any atom is 0.242 e. The molecule has 4 N–H and O–H groups in total. The van der Waals surface area contributed by atoms with E-state index >= 15 is 0 Å². The summed E-state index contributed by atoms with van der Waals surface area (Å²) in [5.41, 5.74) is 12.4. The van der Waals surface area contributed by atoms with Gasteiger partial charge in [-0.25, -0.2) is 0 Å². The standard InChI is InChI=1S/C11H13Cl2N3O2/c12-6-3-8(14)9(4-7(6)13)16-1-2-18-5-10(16)11(15)17/h3-4,10H,1-2,5,14H2,(H2,15,17). The first-order valence-electron chi connectivity index (χ1n) is 5.39. The highest BCUT2D eigenvalue weighted by Gasteiger charge is 2.29. The molecule has 1 aromatic carbocycles. The van der Waals surface area contributed by atoms with Gasteiger partial charge in [0.2, 0.25) is 5.91 Å². The zero-order valence-corrected chi connectivity index (χ0v) is 11.0. The maximum absolute atomic E-state index is 11.4. The Bertz CT molecular complexity index is 482. The molecule has 0 radical (unpaired) electrons. The summed E-state index contributed by atoms with van der Waals surface area (Å²) in [7, 11) is 0. The zero-order chi connectivity index (χ0) is 13.3. The highest BCUT2D eigenvalue weighted by Crippen LogP contribution is 2.34. The fourth-order valence-corrected chi connectivity index (χ4v) is 2.26. The zero-order valence-electron chi connectivity index (χ0n) is 9.53. The van der Waals surface area contributed by atoms with Crippen LogP contribution in [0.5, 0.6) is 0 Å². The van der Waals surface area contributed by atoms with E-state index in [9.17, 15) is 4.79 Å². The van der Waals surface area contributed by atoms with Crippen LogP contribution in [0, 0.1) is 0 Å². The Kier molecular flexibility index (Phi) is 3.85. The Morgan fingerprint density at radius 3 is 2.72 bits per heavy atom. The van der Waals surface area contributed by atoms with Crippen LogP contribution >= 0.6 is 23.2 Å². The summed E-state index contributed by atoms with van der Waals surface area (Å²) in [5, 5.41) is 0.761. The molecule has 0 saturated carbocycles. The second-order valence-corrected chi connectivity index (χ2v) is 4.83. The van der Waals surface area contributed by atoms with Crippen LogP contribution in [-0.2, 0) is 9.53 Å². The van der Waals surface area contributed by atoms with Crippen molar-refractivity contribution in [2.45, 2.75) is 6.04 Å². The molecule has 0 spiro atoms. The van der Waals surface area contributed by atoms with Crippen molar-refractivity contribution in [1.29, 1.82) is 0 Å². The van der Waals surface area contributed by atoms with E-state index in [1.54, 1.807) is 17.0 Å². The quantitative estimate of drug-likeness (QED) is 0.804. The van der Waals surface area contributed by atoms with Crippen molar-refractivity contribution >= 4 is 40.5 Å². The Hall–Kier alpha value is -1.17. The van der Waals surface area contributed by atoms with E-state index in [4.69, 9.17) is 39.4 Å². The molecule has 0 bridgehead atoms. The number of carbonyl (C=O) groups is 1. The van der Waals surface area contributed by atoms with Crippen molar-refractivity contribution in [2.75, 3.05) is 30.4 Å². The van der Waals surface area contributed by atoms with Gasteiger partial charge in [0.05, 0.1) is 34.6 Å². The second-order valence-electron chi connectivity index (χ2n) is 4.01. The van der Waals surface area contributed by atoms with Gasteiger partial charge in [0.25, 0.3) is 0 Å². The minimum atomic E-state index is -0.543. The molecule has 1 fully saturated rings. The number of hydrogen-bond acceptors (Lipinski definition) is 4. The molecule has 0 aromatic heterocycles. The van der Waals surface area contributed by atoms with Crippen LogP contribution in [0.2, 0.25) is 10.0 Å². The Labute approximate surface area is 115 Å². The van der Waals surface area contributed by atoms with Gasteiger partial charge in [-0.2, -0.15) is 0 Å². The number of nitrogens with two attached hydrogens (primary N) is 2. The Morgan fingerprint density at radius 1 is 1.39 bits per heavy atom. The predicted octanol–water partition coefficient (Wildman–Crippen LogP) is 1.27. The van der Waals surface area contributed by atoms with Gasteiger partial charge in [0.15, 0.2) is 0 Å². The number of amides is 1. The molecule has 1 saturated heterocycles. The number of hydrogen-bond donors (Lipinski definition) is 2. The van der Waals surface area contributed by atoms with E-state index in [2.05, 4.69) is 0 Å². The lowest BCUT2D eigenvalue weighted by atomic mass is 10.1. The molecule has 1 aliphatic heterocycles. The van der Waals surface area contributed by atoms with Gasteiger partial charge in [-0.15, -0.1) is 0 Å². The number of nitrogens with zero attached hydrogens (tertiary/aromatic N) is 1. The number of nitrogen functional groups attached to an aromatic ring is 1. The van der Waals surface area contributed by atoms with Crippen LogP contribution in [0.3, 0.4) is 0 Å². The Morgan fingerprint density at radius 2 is 2.06 bits per heavy atom. The van der Waals surface area contributed by atoms with Gasteiger partial charge in [0, 0.05) is 6.54 Å². The van der Waals surface area contributed by atoms with Crippen molar-refractivity contribution in [3.05, 3.63) is 22.2 Å². The van der Waals surface area contributed by atoms with Crippen molar-refractivity contribution < 1.29 is 9.53 Å². The first kappa shape index (κ1) is 13.3. The van der Waals surface area contributed by atoms with Gasteiger partial charge in [-0.05, 0) is 12.1 Å². The summed E-state index contributed by atoms with van der Waals surface area (Å²) < 4.78 is 5.25. The topological polar surface area (TPSA) is 81.6 Å². The molecule has 1 atom stereocenters. The molecule has 0 aliphatic carbocycles. The number of ether oxygens (including phenoxy) is 1. The SMILES string of the molecule is NC(=O)C1COCCN1c1cc(Cl)c(Cl)cc1N. The third-order valence-electron chi connectivity index (χ3n) is 2.84. The average molecular weight is 290 g/mol. The van der Waals surface area contributed by atoms with Crippen LogP contribution in [0.25, 0.3) is 0 Å². The van der Waals surface area contributed by atoms with Gasteiger partial charge in [0.1, 0.15) is 6.04 Å². The fourth-order valence-electron chi connectivity index (χ4n) is 1.93. The highest BCUT2D eigenvalue weighted by molar-refractivity contribution is 6.42. The summed E-state index contributed by atoms with van der Waals surface area (Å²) in [6.07, 6.45) is 0. The third-order valence-corrected chi connectivity index (χ3v) is 3.56.